The van der Waals surface area contributed by atoms with Gasteiger partial charge in [-0.15, -0.1) is 71.8 Å². The van der Waals surface area contributed by atoms with Gasteiger partial charge >= 0.3 is 0 Å². The van der Waals surface area contributed by atoms with E-state index < -0.39 is 0 Å². The second-order valence-electron chi connectivity index (χ2n) is 26.4. The number of fused-ring (bicyclic) bond motifs is 14. The van der Waals surface area contributed by atoms with E-state index in [1.807, 2.05) is 99.0 Å². The number of allylic oxidation sites excluding steroid dienone is 2. The Morgan fingerprint density at radius 3 is 1.60 bits per heavy atom. The molecule has 0 saturated heterocycles. The zero-order chi connectivity index (χ0) is 73.9. The number of aromatic nitrogens is 10. The molecule has 11 aromatic carbocycles. The average Bonchev–Trinajstić information content (AvgIpc) is 1.52. The van der Waals surface area contributed by atoms with E-state index in [1.54, 1.807) is 6.20 Å². The molecule has 1 N–H and O–H groups in total. The van der Waals surface area contributed by atoms with Crippen LogP contribution in [0.2, 0.25) is 0 Å². The number of pyridine rings is 1. The zero-order valence-corrected chi connectivity index (χ0v) is 66.0. The van der Waals surface area contributed by atoms with Gasteiger partial charge in [-0.3, -0.25) is 24.4 Å². The van der Waals surface area contributed by atoms with Gasteiger partial charge in [-0.25, -0.2) is 13.7 Å². The maximum atomic E-state index is 10.0. The van der Waals surface area contributed by atoms with Crippen molar-refractivity contribution in [1.82, 2.24) is 33.1 Å². The fraction of sp³-hybridized carbons (Fsp3) is 0.108. The van der Waals surface area contributed by atoms with Crippen molar-refractivity contribution in [1.29, 1.82) is 0 Å². The van der Waals surface area contributed by atoms with Crippen molar-refractivity contribution >= 4 is 66.7 Å². The first-order valence-corrected chi connectivity index (χ1v) is 35.6. The van der Waals surface area contributed by atoms with Crippen LogP contribution in [0, 0.1) is 26.0 Å². The minimum Gasteiger partial charge on any atom is -0.512 e. The van der Waals surface area contributed by atoms with Crippen LogP contribution in [-0.4, -0.2) is 55.5 Å². The predicted molar refractivity (Wildman–Crippen MR) is 424 cm³/mol. The van der Waals surface area contributed by atoms with Crippen LogP contribution in [0.3, 0.4) is 0 Å². The number of carbonyl (C=O) groups is 3. The number of aliphatic hydroxyl groups is 1. The van der Waals surface area contributed by atoms with Crippen LogP contribution < -0.4 is 13.7 Å². The zero-order valence-electron chi connectivity index (χ0n) is 61.2. The molecule has 0 bridgehead atoms. The summed E-state index contributed by atoms with van der Waals surface area (Å²) in [5, 5.41) is 12.5. The summed E-state index contributed by atoms with van der Waals surface area (Å²) >= 11 is 0. The summed E-state index contributed by atoms with van der Waals surface area (Å²) in [6, 6.07) is 103. The summed E-state index contributed by atoms with van der Waals surface area (Å²) < 4.78 is 16.3. The van der Waals surface area contributed by atoms with Gasteiger partial charge < -0.3 is 14.7 Å². The Balaban J connectivity index is 0.000000122. The quantitative estimate of drug-likeness (QED) is 0.0399. The Labute approximate surface area is 660 Å². The van der Waals surface area contributed by atoms with E-state index in [-0.39, 0.29) is 69.7 Å². The molecule has 542 valence electrons. The van der Waals surface area contributed by atoms with E-state index in [1.165, 1.54) is 134 Å². The van der Waals surface area contributed by atoms with Gasteiger partial charge in [0.2, 0.25) is 0 Å². The number of aliphatic hydroxyl groups excluding tert-OH is 1. The van der Waals surface area contributed by atoms with E-state index >= 15 is 0 Å². The first-order valence-electron chi connectivity index (χ1n) is 35.6. The minimum absolute atomic E-state index is 0. The molecule has 109 heavy (non-hydrogen) atoms. The Morgan fingerprint density at radius 1 is 0.486 bits per heavy atom. The van der Waals surface area contributed by atoms with Crippen LogP contribution in [0.1, 0.15) is 62.2 Å². The van der Waals surface area contributed by atoms with Crippen LogP contribution in [0.25, 0.3) is 112 Å². The Bertz CT molecular complexity index is 6040. The molecule has 6 aromatic heterocycles. The number of imidazole rings is 4. The maximum Gasteiger partial charge on any atom is 0.296 e. The van der Waals surface area contributed by atoms with Crippen molar-refractivity contribution in [3.8, 4) is 62.5 Å². The Kier molecular flexibility index (Phi) is 24.5. The third kappa shape index (κ3) is 16.6. The monoisotopic (exact) mass is 1790 g/mol. The molecule has 0 unspecified atom stereocenters. The average molecular weight is 1790 g/mol. The molecule has 0 aliphatic carbocycles. The van der Waals surface area contributed by atoms with Crippen molar-refractivity contribution in [2.75, 3.05) is 0 Å². The van der Waals surface area contributed by atoms with Crippen LogP contribution in [0.4, 0.5) is 0 Å². The predicted octanol–water partition coefficient (Wildman–Crippen LogP) is 18.3. The normalized spacial score (nSPS) is 11.4. The van der Waals surface area contributed by atoms with Crippen molar-refractivity contribution in [2.24, 2.45) is 0 Å². The third-order valence-electron chi connectivity index (χ3n) is 18.6. The molecule has 14 nitrogen and oxygen atoms in total. The van der Waals surface area contributed by atoms with Gasteiger partial charge in [0, 0.05) is 109 Å². The molecule has 0 atom stereocenters. The number of rotatable bonds is 8. The first kappa shape index (κ1) is 76.4. The van der Waals surface area contributed by atoms with E-state index in [9.17, 15) is 14.4 Å². The minimum atomic E-state index is -0.125. The largest absolute Gasteiger partial charge is 0.512 e. The summed E-state index contributed by atoms with van der Waals surface area (Å²) in [5.74, 6) is 3.28. The Hall–Kier alpha value is -12.3. The van der Waals surface area contributed by atoms with Gasteiger partial charge in [0.1, 0.15) is 60.5 Å². The summed E-state index contributed by atoms with van der Waals surface area (Å²) in [7, 11) is 0. The van der Waals surface area contributed by atoms with Crippen molar-refractivity contribution in [3.05, 3.63) is 362 Å². The van der Waals surface area contributed by atoms with Crippen molar-refractivity contribution in [2.45, 2.75) is 67.6 Å². The molecule has 3 aliphatic heterocycles. The van der Waals surface area contributed by atoms with Crippen molar-refractivity contribution < 1.29 is 73.4 Å². The number of hydrogen-bond donors (Lipinski definition) is 1. The maximum absolute atomic E-state index is 10.0. The van der Waals surface area contributed by atoms with Gasteiger partial charge in [-0.2, -0.15) is 13.5 Å². The number of benzene rings is 11. The van der Waals surface area contributed by atoms with Crippen molar-refractivity contribution in [3.63, 3.8) is 0 Å². The number of para-hydroxylation sites is 8. The molecule has 0 saturated carbocycles. The fourth-order valence-corrected chi connectivity index (χ4v) is 14.3. The van der Waals surface area contributed by atoms with Gasteiger partial charge in [-0.1, -0.05) is 152 Å². The fourth-order valence-electron chi connectivity index (χ4n) is 14.3. The van der Waals surface area contributed by atoms with Crippen LogP contribution in [-0.2, 0) is 74.2 Å². The summed E-state index contributed by atoms with van der Waals surface area (Å²) in [6.07, 6.45) is 11.1. The summed E-state index contributed by atoms with van der Waals surface area (Å²) in [4.78, 5) is 43.2. The number of hydrogen-bond acceptors (Lipinski definition) is 7. The van der Waals surface area contributed by atoms with Gasteiger partial charge in [0.05, 0.1) is 40.2 Å². The van der Waals surface area contributed by atoms with Crippen LogP contribution in [0.15, 0.2) is 322 Å². The van der Waals surface area contributed by atoms with Gasteiger partial charge in [-0.05, 0) is 120 Å². The second kappa shape index (κ2) is 35.0. The SMILES string of the molecule is CC(=O)C=C(C)O.CC(=O)CC(C)=O.Cc1cnc(-c2[c-]cccc2)c(C)n1.[Ir].[Ir].[c-]1ccccc1-c1nccn1-c1ccccc1.c1cc2c3c(c1)c1ccccc1n1c4ccccc4[n+](c31)C2.c1ccc(-n2c3[n+](c4ccccc42)Cc2ccccc2-3)cc1.c1ccc(-n2cc[n+]3c2-c2ccccc2C3)cc1. The molecule has 0 amide bonds. The third-order valence-corrected chi connectivity index (χ3v) is 18.6. The topological polar surface area (TPSA) is 141 Å². The molecule has 0 spiro atoms. The van der Waals surface area contributed by atoms with Gasteiger partial charge in [0.15, 0.2) is 27.9 Å². The molecule has 17 aromatic rings. The molecule has 9 heterocycles. The number of aryl methyl sites for hydroxylation is 2. The van der Waals surface area contributed by atoms with E-state index in [2.05, 4.69) is 278 Å². The first-order chi connectivity index (χ1) is 52.3. The molecule has 3 aliphatic rings. The molecular weight excluding hydrogens is 1710 g/mol. The second-order valence-corrected chi connectivity index (χ2v) is 26.4. The van der Waals surface area contributed by atoms with E-state index in [0.717, 1.165) is 59.4 Å². The van der Waals surface area contributed by atoms with Gasteiger partial charge in [0.25, 0.3) is 17.3 Å². The van der Waals surface area contributed by atoms with E-state index in [4.69, 9.17) is 5.11 Å². The number of ketones is 3. The summed E-state index contributed by atoms with van der Waals surface area (Å²) in [5.41, 5.74) is 23.0. The number of carbonyl (C=O) groups excluding carboxylic acids is 3. The standard InChI is InChI=1S/C20H13N2.C20H15N2.C16H13N2.C15H11N2.C12H11N2.2C5H8O2.2Ir/c1-2-9-16-14(7-1)15-8-5-6-13-12-21-17-10-3-4-11-18(17)22(16)20(21)19(13)15;1-2-9-16(10-3-1)22-19-13-7-6-12-18(19)21-14-15-8-4-5-11-17(15)20(21)22;1-2-7-14(8-3-1)18-11-10-17-12-13-6-4-5-9-15(13)16(17)18;1-3-7-13(8-4-1)15-16-11-12-17(15)14-9-5-2-6-10-14;1-9-8-13-12(10(2)14-9)11-6-4-3-5-7-11;2*1-4(6)3-5(2)7;;/h1-11H,12H2;1-13H,14H2;1-11H,12H2;1-7,9-12H;3-6,8H,1-2H3;3H2,1-2H3;3,6H,1-2H3;;/q3*+1;2*-1;;;;. The number of Topliss-reactive ketones (excluding diaryl/α,β-unsaturated/α-hetero) is 2. The van der Waals surface area contributed by atoms with E-state index in [0.29, 0.717) is 0 Å². The smallest absolute Gasteiger partial charge is 0.296 e. The molecular formula is C93H79Ir2N10O4+. The molecule has 20 rings (SSSR count). The summed E-state index contributed by atoms with van der Waals surface area (Å²) in [6.45, 7) is 12.5. The van der Waals surface area contributed by atoms with Crippen LogP contribution >= 0.6 is 0 Å². The number of nitrogens with zero attached hydrogens (tertiary/aromatic N) is 10. The molecule has 2 radical (unpaired) electrons. The Morgan fingerprint density at radius 2 is 1.00 bits per heavy atom. The molecule has 0 fully saturated rings. The molecule has 16 heteroatoms. The van der Waals surface area contributed by atoms with Crippen LogP contribution in [0.5, 0.6) is 0 Å².